The van der Waals surface area contributed by atoms with Gasteiger partial charge in [-0.2, -0.15) is 17.7 Å². The summed E-state index contributed by atoms with van der Waals surface area (Å²) in [6.07, 6.45) is -5.64. The molecule has 0 atom stereocenters. The monoisotopic (exact) mass is 577 g/mol. The first kappa shape index (κ1) is 27.3. The summed E-state index contributed by atoms with van der Waals surface area (Å²) in [5.74, 6) is -1.59. The van der Waals surface area contributed by atoms with E-state index in [1.165, 1.54) is 21.9 Å². The second-order valence-corrected chi connectivity index (χ2v) is 10.00. The van der Waals surface area contributed by atoms with Crippen molar-refractivity contribution >= 4 is 45.6 Å². The van der Waals surface area contributed by atoms with Crippen LogP contribution in [0, 0.1) is 5.82 Å². The number of thiazole rings is 1. The molecule has 40 heavy (non-hydrogen) atoms. The van der Waals surface area contributed by atoms with Crippen molar-refractivity contribution in [2.24, 2.45) is 0 Å². The molecule has 0 radical (unpaired) electrons. The van der Waals surface area contributed by atoms with Gasteiger partial charge in [0.25, 0.3) is 5.78 Å². The average molecular weight is 578 g/mol. The first-order valence-corrected chi connectivity index (χ1v) is 13.0. The fourth-order valence-corrected chi connectivity index (χ4v) is 5.47. The summed E-state index contributed by atoms with van der Waals surface area (Å²) in [6, 6.07) is 8.24. The van der Waals surface area contributed by atoms with Crippen LogP contribution in [0.25, 0.3) is 16.9 Å². The third-order valence-corrected chi connectivity index (χ3v) is 7.65. The second-order valence-electron chi connectivity index (χ2n) is 9.02. The number of fused-ring (bicyclic) bond motifs is 1. The van der Waals surface area contributed by atoms with Crippen LogP contribution < -0.4 is 9.80 Å². The zero-order valence-electron chi connectivity index (χ0n) is 21.3. The Balaban J connectivity index is 1.57. The summed E-state index contributed by atoms with van der Waals surface area (Å²) < 4.78 is 55.5. The molecule has 0 spiro atoms. The highest BCUT2D eigenvalue weighted by Gasteiger charge is 2.42. The van der Waals surface area contributed by atoms with Crippen molar-refractivity contribution < 1.29 is 32.3 Å². The maximum Gasteiger partial charge on any atom is 0.455 e. The van der Waals surface area contributed by atoms with Crippen LogP contribution in [-0.4, -0.2) is 80.9 Å². The van der Waals surface area contributed by atoms with E-state index in [0.29, 0.717) is 66.9 Å². The molecule has 0 aliphatic carbocycles. The number of carboxylic acid groups (broad SMARTS) is 1. The van der Waals surface area contributed by atoms with E-state index < -0.39 is 28.7 Å². The SMILES string of the molecule is CCc1nc2ccc(N3CCN(C(=O)O)CC3)nn2c1N(C)c1nc(-c2ccc(F)cc2)c(C(=O)C(F)(F)F)s1. The van der Waals surface area contributed by atoms with Crippen molar-refractivity contribution in [1.29, 1.82) is 0 Å². The highest BCUT2D eigenvalue weighted by atomic mass is 32.1. The van der Waals surface area contributed by atoms with Gasteiger partial charge in [-0.3, -0.25) is 4.79 Å². The number of aromatic nitrogens is 4. The average Bonchev–Trinajstić information content (AvgIpc) is 3.54. The fourth-order valence-electron chi connectivity index (χ4n) is 4.45. The number of ketones is 1. The maximum absolute atomic E-state index is 13.5. The Morgan fingerprint density at radius 2 is 1.73 bits per heavy atom. The predicted octanol–water partition coefficient (Wildman–Crippen LogP) is 4.87. The zero-order chi connectivity index (χ0) is 28.8. The van der Waals surface area contributed by atoms with E-state index in [9.17, 15) is 32.3 Å². The third-order valence-electron chi connectivity index (χ3n) is 6.52. The van der Waals surface area contributed by atoms with Gasteiger partial charge in [-0.05, 0) is 42.8 Å². The molecular formula is C25H23F4N7O3S. The number of aryl methyl sites for hydroxylation is 1. The largest absolute Gasteiger partial charge is 0.465 e. The Morgan fingerprint density at radius 1 is 1.05 bits per heavy atom. The Morgan fingerprint density at radius 3 is 2.33 bits per heavy atom. The summed E-state index contributed by atoms with van der Waals surface area (Å²) in [6.45, 7) is 3.36. The molecule has 1 aliphatic heterocycles. The summed E-state index contributed by atoms with van der Waals surface area (Å²) in [5.41, 5.74) is 1.06. The van der Waals surface area contributed by atoms with E-state index in [2.05, 4.69) is 9.97 Å². The predicted molar refractivity (Wildman–Crippen MR) is 140 cm³/mol. The van der Waals surface area contributed by atoms with E-state index >= 15 is 0 Å². The van der Waals surface area contributed by atoms with Crippen LogP contribution >= 0.6 is 11.3 Å². The van der Waals surface area contributed by atoms with Gasteiger partial charge in [0.2, 0.25) is 0 Å². The van der Waals surface area contributed by atoms with E-state index in [0.717, 1.165) is 12.1 Å². The topological polar surface area (TPSA) is 107 Å². The van der Waals surface area contributed by atoms with Crippen molar-refractivity contribution in [2.45, 2.75) is 19.5 Å². The van der Waals surface area contributed by atoms with Crippen molar-refractivity contribution in [3.8, 4) is 11.3 Å². The zero-order valence-corrected chi connectivity index (χ0v) is 22.1. The molecule has 3 aromatic heterocycles. The quantitative estimate of drug-likeness (QED) is 0.256. The Labute approximate surface area is 229 Å². The minimum atomic E-state index is -5.13. The number of nitrogens with zero attached hydrogens (tertiary/aromatic N) is 7. The van der Waals surface area contributed by atoms with Crippen molar-refractivity contribution in [1.82, 2.24) is 24.5 Å². The van der Waals surface area contributed by atoms with Crippen LogP contribution in [0.2, 0.25) is 0 Å². The second kappa shape index (κ2) is 10.4. The van der Waals surface area contributed by atoms with Crippen LogP contribution in [-0.2, 0) is 6.42 Å². The maximum atomic E-state index is 13.5. The Kier molecular flexibility index (Phi) is 7.08. The van der Waals surface area contributed by atoms with Crippen LogP contribution in [0.3, 0.4) is 0 Å². The molecule has 0 saturated carbocycles. The van der Waals surface area contributed by atoms with Crippen molar-refractivity contribution in [2.75, 3.05) is 43.0 Å². The first-order valence-electron chi connectivity index (χ1n) is 12.2. The normalized spacial score (nSPS) is 14.2. The number of hydrogen-bond donors (Lipinski definition) is 1. The van der Waals surface area contributed by atoms with Gasteiger partial charge in [0, 0.05) is 38.8 Å². The van der Waals surface area contributed by atoms with Gasteiger partial charge in [-0.1, -0.05) is 18.3 Å². The molecule has 15 heteroatoms. The van der Waals surface area contributed by atoms with Gasteiger partial charge in [0.05, 0.1) is 11.4 Å². The van der Waals surface area contributed by atoms with Gasteiger partial charge in [-0.25, -0.2) is 19.2 Å². The molecular weight excluding hydrogens is 554 g/mol. The molecule has 4 heterocycles. The van der Waals surface area contributed by atoms with Gasteiger partial charge in [0.15, 0.2) is 16.6 Å². The number of hydrogen-bond acceptors (Lipinski definition) is 8. The van der Waals surface area contributed by atoms with Crippen LogP contribution in [0.4, 0.5) is 39.1 Å². The van der Waals surface area contributed by atoms with E-state index in [1.807, 2.05) is 11.8 Å². The molecule has 5 rings (SSSR count). The number of amides is 1. The van der Waals surface area contributed by atoms with Crippen LogP contribution in [0.1, 0.15) is 22.3 Å². The number of halogens is 4. The minimum Gasteiger partial charge on any atom is -0.465 e. The summed E-state index contributed by atoms with van der Waals surface area (Å²) in [4.78, 5) is 36.8. The molecule has 10 nitrogen and oxygen atoms in total. The van der Waals surface area contributed by atoms with Crippen LogP contribution in [0.15, 0.2) is 36.4 Å². The molecule has 1 aliphatic rings. The molecule has 4 aromatic rings. The number of benzene rings is 1. The number of Topliss-reactive ketones (excluding diaryl/α,β-unsaturated/α-hetero) is 1. The van der Waals surface area contributed by atoms with E-state index in [1.54, 1.807) is 23.7 Å². The Bertz CT molecular complexity index is 1580. The molecule has 1 saturated heterocycles. The lowest BCUT2D eigenvalue weighted by Crippen LogP contribution is -2.48. The Hall–Kier alpha value is -4.27. The van der Waals surface area contributed by atoms with Gasteiger partial charge in [-0.15, -0.1) is 5.10 Å². The summed E-state index contributed by atoms with van der Waals surface area (Å²) in [5, 5.41) is 14.0. The highest BCUT2D eigenvalue weighted by Crippen LogP contribution is 2.39. The molecule has 210 valence electrons. The van der Waals surface area contributed by atoms with Gasteiger partial charge < -0.3 is 19.8 Å². The number of carbonyl (C=O) groups excluding carboxylic acids is 1. The number of anilines is 3. The van der Waals surface area contributed by atoms with E-state index in [4.69, 9.17) is 5.10 Å². The first-order chi connectivity index (χ1) is 19.0. The third kappa shape index (κ3) is 5.03. The summed E-state index contributed by atoms with van der Waals surface area (Å²) in [7, 11) is 1.59. The molecule has 1 fully saturated rings. The van der Waals surface area contributed by atoms with Crippen molar-refractivity contribution in [3.63, 3.8) is 0 Å². The molecule has 1 amide bonds. The number of piperazine rings is 1. The van der Waals surface area contributed by atoms with Gasteiger partial charge >= 0.3 is 12.3 Å². The number of rotatable bonds is 6. The smallest absolute Gasteiger partial charge is 0.455 e. The van der Waals surface area contributed by atoms with Crippen molar-refractivity contribution in [3.05, 3.63) is 52.8 Å². The summed E-state index contributed by atoms with van der Waals surface area (Å²) >= 11 is 0.574. The lowest BCUT2D eigenvalue weighted by molar-refractivity contribution is -0.0882. The highest BCUT2D eigenvalue weighted by molar-refractivity contribution is 7.18. The lowest BCUT2D eigenvalue weighted by Gasteiger charge is -2.33. The number of imidazole rings is 1. The van der Waals surface area contributed by atoms with Crippen LogP contribution in [0.5, 0.6) is 0 Å². The molecule has 1 aromatic carbocycles. The number of alkyl halides is 3. The fraction of sp³-hybridized carbons (Fsp3) is 0.320. The molecule has 0 bridgehead atoms. The minimum absolute atomic E-state index is 0.0886. The van der Waals surface area contributed by atoms with E-state index in [-0.39, 0.29) is 16.4 Å². The lowest BCUT2D eigenvalue weighted by atomic mass is 10.1. The standard InChI is InChI=1S/C25H23F4N7O3S/c1-3-16-22(36-17(30-16)8-9-18(32-36)34-10-12-35(13-11-34)24(38)39)33(2)23-31-19(14-4-6-15(26)7-5-14)20(40-23)21(37)25(27,28)29/h4-9H,3,10-13H2,1-2H3,(H,38,39). The molecule has 0 unspecified atom stereocenters. The number of carbonyl (C=O) groups is 2. The van der Waals surface area contributed by atoms with Gasteiger partial charge in [0.1, 0.15) is 16.5 Å². The molecule has 1 N–H and O–H groups in total.